The molecule has 2 aliphatic carbocycles. The van der Waals surface area contributed by atoms with Gasteiger partial charge in [0.05, 0.1) is 22.5 Å². The van der Waals surface area contributed by atoms with Crippen LogP contribution < -0.4 is 10.3 Å². The molecule has 1 aromatic heterocycles. The van der Waals surface area contributed by atoms with Crippen molar-refractivity contribution in [1.82, 2.24) is 9.36 Å². The molecular weight excluding hydrogens is 390 g/mol. The summed E-state index contributed by atoms with van der Waals surface area (Å²) in [7, 11) is -2.18. The Bertz CT molecular complexity index is 1140. The van der Waals surface area contributed by atoms with E-state index in [9.17, 15) is 18.0 Å². The normalized spacial score (nSPS) is 25.5. The maximum Gasteiger partial charge on any atom is 0.296 e. The van der Waals surface area contributed by atoms with Crippen LogP contribution >= 0.6 is 0 Å². The van der Waals surface area contributed by atoms with Crippen molar-refractivity contribution in [3.63, 3.8) is 0 Å². The van der Waals surface area contributed by atoms with Crippen LogP contribution in [0.4, 0.5) is 5.69 Å². The Morgan fingerprint density at radius 3 is 2.38 bits per heavy atom. The van der Waals surface area contributed by atoms with E-state index in [1.165, 1.54) is 4.68 Å². The highest BCUT2D eigenvalue weighted by molar-refractivity contribution is 7.92. The molecule has 2 saturated carbocycles. The van der Waals surface area contributed by atoms with Crippen molar-refractivity contribution in [2.75, 3.05) is 10.5 Å². The van der Waals surface area contributed by atoms with E-state index in [1.54, 1.807) is 30.8 Å². The number of nitrogens with one attached hydrogen (secondary N) is 1. The van der Waals surface area contributed by atoms with E-state index in [4.69, 9.17) is 0 Å². The van der Waals surface area contributed by atoms with E-state index in [0.29, 0.717) is 24.2 Å². The highest BCUT2D eigenvalue weighted by atomic mass is 32.2. The number of hydrogen-bond acceptors (Lipinski definition) is 4. The van der Waals surface area contributed by atoms with Crippen molar-refractivity contribution in [3.05, 3.63) is 46.4 Å². The van der Waals surface area contributed by atoms with Gasteiger partial charge in [0.25, 0.3) is 5.56 Å². The molecular formula is C21H27N3O4S. The lowest BCUT2D eigenvalue weighted by molar-refractivity contribution is -0.128. The van der Waals surface area contributed by atoms with E-state index in [2.05, 4.69) is 4.72 Å². The standard InChI is InChI=1S/C21H27N3O4S/c1-14-18(19(26)24(23(14)4)16-8-6-5-7-9-16)22-29(27,28)13-21-11-10-15(12-17(21)25)20(21,2)3/h5-9,15,22H,10-13H2,1-4H3/t15-,21+/m0/s1. The first kappa shape index (κ1) is 19.9. The lowest BCUT2D eigenvalue weighted by atomic mass is 9.70. The van der Waals surface area contributed by atoms with Gasteiger partial charge in [-0.15, -0.1) is 0 Å². The Hall–Kier alpha value is -2.35. The molecule has 1 aromatic carbocycles. The molecule has 2 fully saturated rings. The average Bonchev–Trinajstić information content (AvgIpc) is 3.09. The number of anilines is 1. The van der Waals surface area contributed by atoms with Crippen molar-refractivity contribution >= 4 is 21.5 Å². The van der Waals surface area contributed by atoms with Gasteiger partial charge in [0.1, 0.15) is 11.5 Å². The van der Waals surface area contributed by atoms with E-state index in [-0.39, 0.29) is 28.6 Å². The summed E-state index contributed by atoms with van der Waals surface area (Å²) >= 11 is 0. The molecule has 7 nitrogen and oxygen atoms in total. The molecule has 0 spiro atoms. The second kappa shape index (κ2) is 6.32. The van der Waals surface area contributed by atoms with Crippen molar-refractivity contribution in [2.24, 2.45) is 23.8 Å². The smallest absolute Gasteiger partial charge is 0.296 e. The molecule has 0 amide bonds. The number of para-hydroxylation sites is 1. The first-order chi connectivity index (χ1) is 13.5. The molecule has 156 valence electrons. The van der Waals surface area contributed by atoms with Gasteiger partial charge < -0.3 is 0 Å². The van der Waals surface area contributed by atoms with Gasteiger partial charge in [0, 0.05) is 13.5 Å². The minimum atomic E-state index is -3.89. The van der Waals surface area contributed by atoms with Crippen molar-refractivity contribution < 1.29 is 13.2 Å². The van der Waals surface area contributed by atoms with Crippen LogP contribution in [-0.4, -0.2) is 29.3 Å². The number of Topliss-reactive ketones (excluding diaryl/α,β-unsaturated/α-hetero) is 1. The Balaban J connectivity index is 1.70. The zero-order valence-corrected chi connectivity index (χ0v) is 18.0. The fourth-order valence-electron chi connectivity index (χ4n) is 5.31. The molecule has 2 bridgehead atoms. The predicted octanol–water partition coefficient (Wildman–Crippen LogP) is 2.62. The SMILES string of the molecule is Cc1c(NS(=O)(=O)C[C@]23CC[C@@H](CC2=O)C3(C)C)c(=O)n(-c2ccccc2)n1C. The quantitative estimate of drug-likeness (QED) is 0.810. The molecule has 2 aromatic rings. The highest BCUT2D eigenvalue weighted by Crippen LogP contribution is 2.64. The number of hydrogen-bond donors (Lipinski definition) is 1. The summed E-state index contributed by atoms with van der Waals surface area (Å²) in [6.07, 6.45) is 1.92. The highest BCUT2D eigenvalue weighted by Gasteiger charge is 2.65. The number of benzene rings is 1. The topological polar surface area (TPSA) is 90.2 Å². The maximum atomic E-state index is 13.1. The third-order valence-corrected chi connectivity index (χ3v) is 8.78. The van der Waals surface area contributed by atoms with Crippen LogP contribution in [0.3, 0.4) is 0 Å². The summed E-state index contributed by atoms with van der Waals surface area (Å²) in [4.78, 5) is 25.7. The summed E-state index contributed by atoms with van der Waals surface area (Å²) in [6, 6.07) is 9.06. The number of fused-ring (bicyclic) bond motifs is 2. The largest absolute Gasteiger partial charge is 0.299 e. The number of carbonyl (C=O) groups is 1. The van der Waals surface area contributed by atoms with Gasteiger partial charge in [-0.3, -0.25) is 19.0 Å². The fraction of sp³-hybridized carbons (Fsp3) is 0.524. The van der Waals surface area contributed by atoms with Crippen LogP contribution in [0.5, 0.6) is 0 Å². The second-order valence-electron chi connectivity index (χ2n) is 8.96. The third kappa shape index (κ3) is 2.79. The number of ketones is 1. The van der Waals surface area contributed by atoms with Gasteiger partial charge in [-0.25, -0.2) is 13.1 Å². The number of rotatable bonds is 5. The van der Waals surface area contributed by atoms with Crippen LogP contribution in [-0.2, 0) is 21.9 Å². The van der Waals surface area contributed by atoms with E-state index >= 15 is 0 Å². The van der Waals surface area contributed by atoms with Crippen LogP contribution in [0.1, 0.15) is 38.8 Å². The van der Waals surface area contributed by atoms with Gasteiger partial charge >= 0.3 is 0 Å². The summed E-state index contributed by atoms with van der Waals surface area (Å²) in [5.41, 5.74) is -0.456. The molecule has 1 N–H and O–H groups in total. The van der Waals surface area contributed by atoms with Crippen LogP contribution in [0.15, 0.2) is 35.1 Å². The molecule has 0 saturated heterocycles. The number of sulfonamides is 1. The Labute approximate surface area is 170 Å². The zero-order chi connectivity index (χ0) is 21.2. The summed E-state index contributed by atoms with van der Waals surface area (Å²) in [6.45, 7) is 5.70. The van der Waals surface area contributed by atoms with Crippen LogP contribution in [0.2, 0.25) is 0 Å². The molecule has 4 rings (SSSR count). The van der Waals surface area contributed by atoms with Gasteiger partial charge in [0.2, 0.25) is 10.0 Å². The zero-order valence-electron chi connectivity index (χ0n) is 17.2. The van der Waals surface area contributed by atoms with Crippen molar-refractivity contribution in [2.45, 2.75) is 40.0 Å². The first-order valence-electron chi connectivity index (χ1n) is 9.88. The summed E-state index contributed by atoms with van der Waals surface area (Å²) in [5, 5.41) is 0. The lowest BCUT2D eigenvalue weighted by Gasteiger charge is -2.36. The summed E-state index contributed by atoms with van der Waals surface area (Å²) < 4.78 is 31.8. The van der Waals surface area contributed by atoms with E-state index in [1.807, 2.05) is 32.0 Å². The Kier molecular flexibility index (Phi) is 4.35. The second-order valence-corrected chi connectivity index (χ2v) is 10.7. The first-order valence-corrected chi connectivity index (χ1v) is 11.5. The van der Waals surface area contributed by atoms with Gasteiger partial charge in [0.15, 0.2) is 0 Å². The minimum Gasteiger partial charge on any atom is -0.299 e. The fourth-order valence-corrected chi connectivity index (χ4v) is 7.25. The monoisotopic (exact) mass is 417 g/mol. The van der Waals surface area contributed by atoms with Crippen molar-refractivity contribution in [3.8, 4) is 5.69 Å². The Morgan fingerprint density at radius 1 is 1.17 bits per heavy atom. The van der Waals surface area contributed by atoms with Crippen molar-refractivity contribution in [1.29, 1.82) is 0 Å². The van der Waals surface area contributed by atoms with E-state index in [0.717, 1.165) is 6.42 Å². The van der Waals surface area contributed by atoms with Gasteiger partial charge in [-0.05, 0) is 43.2 Å². The number of aromatic nitrogens is 2. The van der Waals surface area contributed by atoms with Gasteiger partial charge in [-0.1, -0.05) is 32.0 Å². The molecule has 0 radical (unpaired) electrons. The number of nitrogens with zero attached hydrogens (tertiary/aromatic N) is 2. The van der Waals surface area contributed by atoms with Crippen LogP contribution in [0, 0.1) is 23.7 Å². The third-order valence-electron chi connectivity index (χ3n) is 7.39. The maximum absolute atomic E-state index is 13.1. The lowest BCUT2D eigenvalue weighted by Crippen LogP contribution is -2.43. The molecule has 0 unspecified atom stereocenters. The summed E-state index contributed by atoms with van der Waals surface area (Å²) in [5.74, 6) is -0.00359. The molecule has 8 heteroatoms. The minimum absolute atomic E-state index is 0.0329. The predicted molar refractivity (Wildman–Crippen MR) is 112 cm³/mol. The van der Waals surface area contributed by atoms with E-state index < -0.39 is 21.0 Å². The Morgan fingerprint density at radius 2 is 1.83 bits per heavy atom. The molecule has 29 heavy (non-hydrogen) atoms. The molecule has 2 atom stereocenters. The molecule has 2 aliphatic rings. The average molecular weight is 418 g/mol. The van der Waals surface area contributed by atoms with Gasteiger partial charge in [-0.2, -0.15) is 0 Å². The van der Waals surface area contributed by atoms with Crippen LogP contribution in [0.25, 0.3) is 5.69 Å². The molecule has 0 aliphatic heterocycles. The molecule has 1 heterocycles. The number of carbonyl (C=O) groups excluding carboxylic acids is 1.